The van der Waals surface area contributed by atoms with Crippen LogP contribution in [0.3, 0.4) is 0 Å². The van der Waals surface area contributed by atoms with Crippen LogP contribution >= 0.6 is 23.2 Å². The lowest BCUT2D eigenvalue weighted by molar-refractivity contribution is -0.126. The van der Waals surface area contributed by atoms with Gasteiger partial charge in [0.2, 0.25) is 5.91 Å². The van der Waals surface area contributed by atoms with E-state index in [0.29, 0.717) is 15.7 Å². The molecule has 3 atom stereocenters. The number of hydrogen-bond donors (Lipinski definition) is 0. The van der Waals surface area contributed by atoms with Gasteiger partial charge in [-0.15, -0.1) is 0 Å². The summed E-state index contributed by atoms with van der Waals surface area (Å²) in [7, 11) is 0. The van der Waals surface area contributed by atoms with Crippen LogP contribution in [0.4, 0.5) is 5.69 Å². The second-order valence-electron chi connectivity index (χ2n) is 7.14. The van der Waals surface area contributed by atoms with E-state index in [1.54, 1.807) is 24.3 Å². The van der Waals surface area contributed by atoms with E-state index in [4.69, 9.17) is 23.2 Å². The number of halogens is 2. The highest BCUT2D eigenvalue weighted by molar-refractivity contribution is 6.31. The largest absolute Gasteiger partial charge is 0.274 e. The molecule has 3 aliphatic rings. The molecule has 0 N–H and O–H groups in total. The SMILES string of the molecule is O=C1[C@H]2[C@H](C(=O)N1c1cccc(Cl)c1)N1CCCN1[C@H]2c1ccc(Cl)cc1. The van der Waals surface area contributed by atoms with E-state index >= 15 is 0 Å². The minimum absolute atomic E-state index is 0.157. The van der Waals surface area contributed by atoms with Crippen LogP contribution in [0.5, 0.6) is 0 Å². The zero-order valence-corrected chi connectivity index (χ0v) is 15.9. The zero-order valence-electron chi connectivity index (χ0n) is 14.4. The number of carbonyl (C=O) groups excluding carboxylic acids is 2. The van der Waals surface area contributed by atoms with Crippen molar-refractivity contribution < 1.29 is 9.59 Å². The monoisotopic (exact) mass is 401 g/mol. The van der Waals surface area contributed by atoms with E-state index in [9.17, 15) is 9.59 Å². The summed E-state index contributed by atoms with van der Waals surface area (Å²) in [6, 6.07) is 13.9. The van der Waals surface area contributed by atoms with Crippen molar-refractivity contribution >= 4 is 40.7 Å². The third-order valence-corrected chi connectivity index (χ3v) is 6.17. The number of carbonyl (C=O) groups is 2. The van der Waals surface area contributed by atoms with E-state index in [-0.39, 0.29) is 17.9 Å². The van der Waals surface area contributed by atoms with E-state index < -0.39 is 12.0 Å². The van der Waals surface area contributed by atoms with Crippen LogP contribution in [-0.2, 0) is 9.59 Å². The summed E-state index contributed by atoms with van der Waals surface area (Å²) < 4.78 is 0. The summed E-state index contributed by atoms with van der Waals surface area (Å²) >= 11 is 12.1. The van der Waals surface area contributed by atoms with Crippen LogP contribution in [-0.4, -0.2) is 41.0 Å². The normalized spacial score (nSPS) is 28.1. The molecule has 0 aliphatic carbocycles. The van der Waals surface area contributed by atoms with Crippen LogP contribution in [0.1, 0.15) is 18.0 Å². The molecule has 0 bridgehead atoms. The molecule has 2 aromatic rings. The van der Waals surface area contributed by atoms with Crippen LogP contribution in [0.25, 0.3) is 0 Å². The number of amides is 2. The van der Waals surface area contributed by atoms with E-state index in [1.807, 2.05) is 24.3 Å². The van der Waals surface area contributed by atoms with Crippen molar-refractivity contribution in [3.8, 4) is 0 Å². The van der Waals surface area contributed by atoms with Crippen molar-refractivity contribution in [3.05, 3.63) is 64.1 Å². The first-order valence-corrected chi connectivity index (χ1v) is 9.74. The molecule has 138 valence electrons. The number of hydrogen-bond acceptors (Lipinski definition) is 4. The predicted molar refractivity (Wildman–Crippen MR) is 103 cm³/mol. The van der Waals surface area contributed by atoms with Gasteiger partial charge in [0.1, 0.15) is 6.04 Å². The minimum Gasteiger partial charge on any atom is -0.274 e. The Labute approximate surface area is 167 Å². The molecule has 2 amide bonds. The van der Waals surface area contributed by atoms with E-state index in [1.165, 1.54) is 4.90 Å². The fraction of sp³-hybridized carbons (Fsp3) is 0.300. The Bertz CT molecular complexity index is 933. The van der Waals surface area contributed by atoms with Crippen LogP contribution in [0, 0.1) is 5.92 Å². The standard InChI is InChI=1S/C20H17Cl2N3O2/c21-13-7-5-12(6-8-13)17-16-18(24-10-2-9-23(17)24)20(27)25(19(16)26)15-4-1-3-14(22)11-15/h1,3-8,11,16-18H,2,9-10H2/t16-,17+,18-/m1/s1. The average molecular weight is 402 g/mol. The van der Waals surface area contributed by atoms with Gasteiger partial charge >= 0.3 is 0 Å². The second kappa shape index (κ2) is 6.31. The van der Waals surface area contributed by atoms with Crippen molar-refractivity contribution in [2.45, 2.75) is 18.5 Å². The molecule has 7 heteroatoms. The lowest BCUT2D eigenvalue weighted by atomic mass is 9.90. The molecule has 5 rings (SSSR count). The Balaban J connectivity index is 1.59. The fourth-order valence-corrected chi connectivity index (χ4v) is 4.95. The third-order valence-electron chi connectivity index (χ3n) is 5.68. The summed E-state index contributed by atoms with van der Waals surface area (Å²) in [4.78, 5) is 27.9. The molecular weight excluding hydrogens is 385 g/mol. The van der Waals surface area contributed by atoms with Gasteiger partial charge in [0.05, 0.1) is 17.6 Å². The first-order valence-electron chi connectivity index (χ1n) is 8.98. The number of benzene rings is 2. The van der Waals surface area contributed by atoms with Crippen molar-refractivity contribution in [1.29, 1.82) is 0 Å². The van der Waals surface area contributed by atoms with Gasteiger partial charge in [0.25, 0.3) is 5.91 Å². The van der Waals surface area contributed by atoms with Gasteiger partial charge in [-0.1, -0.05) is 41.4 Å². The van der Waals surface area contributed by atoms with Gasteiger partial charge < -0.3 is 0 Å². The number of hydrazine groups is 1. The fourth-order valence-electron chi connectivity index (χ4n) is 4.64. The zero-order chi connectivity index (χ0) is 18.7. The lowest BCUT2D eigenvalue weighted by Crippen LogP contribution is -2.44. The topological polar surface area (TPSA) is 43.9 Å². The van der Waals surface area contributed by atoms with E-state index in [2.05, 4.69) is 10.0 Å². The number of anilines is 1. The molecule has 3 heterocycles. The Hall–Kier alpha value is -1.92. The quantitative estimate of drug-likeness (QED) is 0.721. The Kier molecular flexibility index (Phi) is 4.02. The molecule has 0 saturated carbocycles. The van der Waals surface area contributed by atoms with Crippen molar-refractivity contribution in [2.75, 3.05) is 18.0 Å². The lowest BCUT2D eigenvalue weighted by Gasteiger charge is -2.29. The molecule has 5 nitrogen and oxygen atoms in total. The molecule has 3 fully saturated rings. The molecule has 3 aliphatic heterocycles. The summed E-state index contributed by atoms with van der Waals surface area (Å²) in [6.07, 6.45) is 0.978. The number of imide groups is 1. The van der Waals surface area contributed by atoms with Crippen molar-refractivity contribution in [1.82, 2.24) is 10.0 Å². The van der Waals surface area contributed by atoms with Gasteiger partial charge in [-0.2, -0.15) is 0 Å². The Morgan fingerprint density at radius 2 is 1.52 bits per heavy atom. The maximum absolute atomic E-state index is 13.4. The van der Waals surface area contributed by atoms with Crippen LogP contribution in [0.2, 0.25) is 10.0 Å². The van der Waals surface area contributed by atoms with Crippen molar-refractivity contribution in [2.24, 2.45) is 5.92 Å². The highest BCUT2D eigenvalue weighted by Gasteiger charge is 2.62. The maximum atomic E-state index is 13.4. The second-order valence-corrected chi connectivity index (χ2v) is 8.01. The summed E-state index contributed by atoms with van der Waals surface area (Å²) in [5.41, 5.74) is 1.54. The predicted octanol–water partition coefficient (Wildman–Crippen LogP) is 3.53. The van der Waals surface area contributed by atoms with E-state index in [0.717, 1.165) is 25.1 Å². The minimum atomic E-state index is -0.459. The molecular formula is C20H17Cl2N3O2. The maximum Gasteiger partial charge on any atom is 0.253 e. The average Bonchev–Trinajstić information content (AvgIpc) is 3.28. The molecule has 0 spiro atoms. The highest BCUT2D eigenvalue weighted by atomic mass is 35.5. The first kappa shape index (κ1) is 17.2. The summed E-state index contributed by atoms with van der Waals surface area (Å²) in [5, 5.41) is 5.42. The molecule has 0 unspecified atom stereocenters. The summed E-state index contributed by atoms with van der Waals surface area (Å²) in [6.45, 7) is 1.63. The number of fused-ring (bicyclic) bond motifs is 3. The van der Waals surface area contributed by atoms with Gasteiger partial charge in [-0.25, -0.2) is 14.9 Å². The Morgan fingerprint density at radius 3 is 2.22 bits per heavy atom. The molecule has 3 saturated heterocycles. The molecule has 27 heavy (non-hydrogen) atoms. The smallest absolute Gasteiger partial charge is 0.253 e. The van der Waals surface area contributed by atoms with Gasteiger partial charge in [-0.3, -0.25) is 9.59 Å². The van der Waals surface area contributed by atoms with Gasteiger partial charge in [0.15, 0.2) is 0 Å². The molecule has 0 radical (unpaired) electrons. The van der Waals surface area contributed by atoms with Crippen molar-refractivity contribution in [3.63, 3.8) is 0 Å². The molecule has 0 aromatic heterocycles. The number of nitrogens with zero attached hydrogens (tertiary/aromatic N) is 3. The number of rotatable bonds is 2. The van der Waals surface area contributed by atoms with Gasteiger partial charge in [0, 0.05) is 23.1 Å². The highest BCUT2D eigenvalue weighted by Crippen LogP contribution is 2.49. The van der Waals surface area contributed by atoms with Crippen LogP contribution in [0.15, 0.2) is 48.5 Å². The third kappa shape index (κ3) is 2.53. The first-order chi connectivity index (χ1) is 13.1. The Morgan fingerprint density at radius 1 is 0.815 bits per heavy atom. The molecule has 2 aromatic carbocycles. The van der Waals surface area contributed by atoms with Gasteiger partial charge in [-0.05, 0) is 42.3 Å². The van der Waals surface area contributed by atoms with Crippen LogP contribution < -0.4 is 4.90 Å². The summed E-state index contributed by atoms with van der Waals surface area (Å²) in [5.74, 6) is -0.768.